The van der Waals surface area contributed by atoms with Gasteiger partial charge >= 0.3 is 12.4 Å². The van der Waals surface area contributed by atoms with Crippen molar-refractivity contribution in [1.82, 2.24) is 10.3 Å². The molecule has 2 N–H and O–H groups in total. The van der Waals surface area contributed by atoms with E-state index in [1.165, 1.54) is 6.07 Å². The number of nitrogens with zero attached hydrogens (tertiary/aromatic N) is 1. The molecule has 0 aliphatic carbocycles. The third-order valence-corrected chi connectivity index (χ3v) is 4.62. The van der Waals surface area contributed by atoms with Crippen LogP contribution in [-0.2, 0) is 12.4 Å². The SMILES string of the molecule is CCCCCCCNC[C@@H](O)c1cc(C(F)(F)F)nc2c(C(F)(F)F)cccc12. The van der Waals surface area contributed by atoms with E-state index in [1.54, 1.807) is 0 Å². The third-order valence-electron chi connectivity index (χ3n) is 4.62. The Morgan fingerprint density at radius 3 is 2.31 bits per heavy atom. The zero-order valence-electron chi connectivity index (χ0n) is 16.0. The Hall–Kier alpha value is -1.87. The standard InChI is InChI=1S/C20H24F6N2O/c1-2-3-4-5-6-10-27-12-16(29)14-11-17(20(24,25)26)28-18-13(14)8-7-9-15(18)19(21,22)23/h7-9,11,16,27,29H,2-6,10,12H2,1H3/t16-/m1/s1. The number of rotatable bonds is 9. The van der Waals surface area contributed by atoms with E-state index >= 15 is 0 Å². The fraction of sp³-hybridized carbons (Fsp3) is 0.550. The quantitative estimate of drug-likeness (QED) is 0.393. The molecular weight excluding hydrogens is 398 g/mol. The number of unbranched alkanes of at least 4 members (excludes halogenated alkanes) is 4. The van der Waals surface area contributed by atoms with Gasteiger partial charge in [0.05, 0.1) is 17.2 Å². The summed E-state index contributed by atoms with van der Waals surface area (Å²) in [5.74, 6) is 0. The van der Waals surface area contributed by atoms with Gasteiger partial charge < -0.3 is 10.4 Å². The molecule has 1 aromatic heterocycles. The van der Waals surface area contributed by atoms with E-state index in [0.717, 1.165) is 38.2 Å². The maximum absolute atomic E-state index is 13.3. The van der Waals surface area contributed by atoms with Crippen LogP contribution in [-0.4, -0.2) is 23.2 Å². The minimum atomic E-state index is -4.94. The molecule has 0 saturated carbocycles. The van der Waals surface area contributed by atoms with Gasteiger partial charge in [-0.2, -0.15) is 26.3 Å². The summed E-state index contributed by atoms with van der Waals surface area (Å²) in [6, 6.07) is 3.63. The van der Waals surface area contributed by atoms with Crippen molar-refractivity contribution >= 4 is 10.9 Å². The van der Waals surface area contributed by atoms with Crippen LogP contribution in [0, 0.1) is 0 Å². The molecule has 1 aromatic carbocycles. The van der Waals surface area contributed by atoms with Crippen molar-refractivity contribution in [1.29, 1.82) is 0 Å². The molecule has 0 aliphatic rings. The Morgan fingerprint density at radius 2 is 1.69 bits per heavy atom. The Kier molecular flexibility index (Phi) is 7.87. The highest BCUT2D eigenvalue weighted by molar-refractivity contribution is 5.86. The number of aromatic nitrogens is 1. The lowest BCUT2D eigenvalue weighted by Gasteiger charge is -2.19. The molecule has 0 radical (unpaired) electrons. The lowest BCUT2D eigenvalue weighted by Crippen LogP contribution is -2.23. The molecule has 3 nitrogen and oxygen atoms in total. The van der Waals surface area contributed by atoms with Crippen molar-refractivity contribution in [2.75, 3.05) is 13.1 Å². The maximum atomic E-state index is 13.3. The van der Waals surface area contributed by atoms with Crippen molar-refractivity contribution in [3.05, 3.63) is 41.1 Å². The number of hydrogen-bond donors (Lipinski definition) is 2. The van der Waals surface area contributed by atoms with E-state index in [2.05, 4.69) is 17.2 Å². The first-order chi connectivity index (χ1) is 13.6. The highest BCUT2D eigenvalue weighted by atomic mass is 19.4. The molecule has 0 saturated heterocycles. The summed E-state index contributed by atoms with van der Waals surface area (Å²) in [6.07, 6.45) is -6.08. The summed E-state index contributed by atoms with van der Waals surface area (Å²) in [7, 11) is 0. The second-order valence-electron chi connectivity index (χ2n) is 6.93. The Labute approximate surface area is 165 Å². The minimum Gasteiger partial charge on any atom is -0.387 e. The summed E-state index contributed by atoms with van der Waals surface area (Å²) >= 11 is 0. The summed E-state index contributed by atoms with van der Waals surface area (Å²) in [4.78, 5) is 3.22. The Balaban J connectivity index is 2.29. The maximum Gasteiger partial charge on any atom is 0.433 e. The lowest BCUT2D eigenvalue weighted by molar-refractivity contribution is -0.142. The van der Waals surface area contributed by atoms with Crippen molar-refractivity contribution in [3.63, 3.8) is 0 Å². The van der Waals surface area contributed by atoms with Crippen molar-refractivity contribution in [2.45, 2.75) is 57.5 Å². The van der Waals surface area contributed by atoms with Crippen LogP contribution in [0.2, 0.25) is 0 Å². The number of alkyl halides is 6. The number of fused-ring (bicyclic) bond motifs is 1. The molecule has 1 heterocycles. The normalized spacial score (nSPS) is 13.8. The lowest BCUT2D eigenvalue weighted by atomic mass is 9.99. The van der Waals surface area contributed by atoms with E-state index in [4.69, 9.17) is 0 Å². The van der Waals surface area contributed by atoms with Crippen LogP contribution in [0.15, 0.2) is 24.3 Å². The van der Waals surface area contributed by atoms with Gasteiger partial charge in [0.15, 0.2) is 0 Å². The van der Waals surface area contributed by atoms with Gasteiger partial charge in [0, 0.05) is 11.9 Å². The largest absolute Gasteiger partial charge is 0.433 e. The van der Waals surface area contributed by atoms with E-state index in [9.17, 15) is 31.4 Å². The number of nitrogens with one attached hydrogen (secondary N) is 1. The average Bonchev–Trinajstić information content (AvgIpc) is 2.64. The molecule has 2 rings (SSSR count). The number of hydrogen-bond acceptors (Lipinski definition) is 3. The molecule has 0 fully saturated rings. The van der Waals surface area contributed by atoms with Gasteiger partial charge in [-0.25, -0.2) is 4.98 Å². The van der Waals surface area contributed by atoms with Crippen LogP contribution in [0.4, 0.5) is 26.3 Å². The van der Waals surface area contributed by atoms with Crippen molar-refractivity contribution < 1.29 is 31.4 Å². The number of halogens is 6. The molecule has 0 unspecified atom stereocenters. The predicted molar refractivity (Wildman–Crippen MR) is 98.3 cm³/mol. The van der Waals surface area contributed by atoms with E-state index < -0.39 is 35.2 Å². The number of benzene rings is 1. The molecule has 1 atom stereocenters. The second kappa shape index (κ2) is 9.75. The van der Waals surface area contributed by atoms with Crippen LogP contribution in [0.5, 0.6) is 0 Å². The Bertz CT molecular complexity index is 804. The summed E-state index contributed by atoms with van der Waals surface area (Å²) in [6.45, 7) is 2.58. The molecule has 29 heavy (non-hydrogen) atoms. The molecule has 9 heteroatoms. The monoisotopic (exact) mass is 422 g/mol. The third kappa shape index (κ3) is 6.30. The molecule has 0 aliphatic heterocycles. The van der Waals surface area contributed by atoms with E-state index in [-0.39, 0.29) is 17.5 Å². The smallest absolute Gasteiger partial charge is 0.387 e. The summed E-state index contributed by atoms with van der Waals surface area (Å²) in [5, 5.41) is 13.2. The first-order valence-electron chi connectivity index (χ1n) is 9.52. The van der Waals surface area contributed by atoms with Crippen LogP contribution < -0.4 is 5.32 Å². The van der Waals surface area contributed by atoms with Crippen molar-refractivity contribution in [2.24, 2.45) is 0 Å². The van der Waals surface area contributed by atoms with Gasteiger partial charge in [-0.15, -0.1) is 0 Å². The highest BCUT2D eigenvalue weighted by Gasteiger charge is 2.37. The van der Waals surface area contributed by atoms with Gasteiger partial charge in [-0.3, -0.25) is 0 Å². The predicted octanol–water partition coefficient (Wildman–Crippen LogP) is 5.87. The van der Waals surface area contributed by atoms with Gasteiger partial charge in [-0.1, -0.05) is 44.7 Å². The second-order valence-corrected chi connectivity index (χ2v) is 6.93. The van der Waals surface area contributed by atoms with Crippen LogP contribution in [0.3, 0.4) is 0 Å². The molecule has 2 aromatic rings. The zero-order chi connectivity index (χ0) is 21.7. The van der Waals surface area contributed by atoms with Crippen LogP contribution in [0.1, 0.15) is 62.0 Å². The van der Waals surface area contributed by atoms with Gasteiger partial charge in [-0.05, 0) is 30.7 Å². The van der Waals surface area contributed by atoms with Gasteiger partial charge in [0.2, 0.25) is 0 Å². The Morgan fingerprint density at radius 1 is 1.00 bits per heavy atom. The average molecular weight is 422 g/mol. The molecule has 0 bridgehead atoms. The molecule has 0 spiro atoms. The van der Waals surface area contributed by atoms with Gasteiger partial charge in [0.1, 0.15) is 5.69 Å². The number of aliphatic hydroxyl groups is 1. The summed E-state index contributed by atoms with van der Waals surface area (Å²) in [5.41, 5.74) is -3.77. The first-order valence-corrected chi connectivity index (χ1v) is 9.52. The first kappa shape index (κ1) is 23.4. The van der Waals surface area contributed by atoms with Crippen molar-refractivity contribution in [3.8, 4) is 0 Å². The van der Waals surface area contributed by atoms with Crippen LogP contribution >= 0.6 is 0 Å². The molecule has 0 amide bonds. The van der Waals surface area contributed by atoms with Gasteiger partial charge in [0.25, 0.3) is 0 Å². The fourth-order valence-electron chi connectivity index (χ4n) is 3.13. The highest BCUT2D eigenvalue weighted by Crippen LogP contribution is 2.38. The zero-order valence-corrected chi connectivity index (χ0v) is 16.0. The number of aliphatic hydroxyl groups excluding tert-OH is 1. The number of pyridine rings is 1. The molecular formula is C20H24F6N2O. The fourth-order valence-corrected chi connectivity index (χ4v) is 3.13. The van der Waals surface area contributed by atoms with E-state index in [1.807, 2.05) is 0 Å². The van der Waals surface area contributed by atoms with E-state index in [0.29, 0.717) is 18.7 Å². The summed E-state index contributed by atoms with van der Waals surface area (Å²) < 4.78 is 79.4. The van der Waals surface area contributed by atoms with Crippen LogP contribution in [0.25, 0.3) is 10.9 Å². The molecule has 162 valence electrons. The minimum absolute atomic E-state index is 0.0690. The number of para-hydroxylation sites is 1. The topological polar surface area (TPSA) is 45.1 Å².